The number of methoxy groups -OCH3 is 2. The Morgan fingerprint density at radius 2 is 2.04 bits per heavy atom. The number of alkyl halides is 1. The largest absolute Gasteiger partial charge is 0.483 e. The predicted octanol–water partition coefficient (Wildman–Crippen LogP) is 3.03. The number of piperidine rings is 1. The first-order valence-corrected chi connectivity index (χ1v) is 10.2. The molecule has 136 valence electrons. The van der Waals surface area contributed by atoms with Crippen molar-refractivity contribution in [3.05, 3.63) is 28.8 Å². The Hall–Kier alpha value is -0.620. The summed E-state index contributed by atoms with van der Waals surface area (Å²) in [5.41, 5.74) is 4.16. The molecule has 4 nitrogen and oxygen atoms in total. The van der Waals surface area contributed by atoms with E-state index in [1.807, 2.05) is 0 Å². The van der Waals surface area contributed by atoms with Gasteiger partial charge < -0.3 is 19.1 Å². The van der Waals surface area contributed by atoms with Crippen LogP contribution in [0.15, 0.2) is 12.1 Å². The number of likely N-dealkylation sites (N-methyl/N-ethyl adjacent to an activating group) is 1. The van der Waals surface area contributed by atoms with Crippen LogP contribution in [-0.2, 0) is 21.3 Å². The lowest BCUT2D eigenvalue weighted by atomic mass is 9.50. The molecular formula is C20H26BrNO3. The number of ether oxygens (including phenoxy) is 3. The molecule has 2 heterocycles. The molecule has 1 saturated carbocycles. The molecule has 1 aromatic carbocycles. The molecule has 4 aliphatic rings. The van der Waals surface area contributed by atoms with E-state index in [0.29, 0.717) is 12.0 Å². The van der Waals surface area contributed by atoms with E-state index >= 15 is 0 Å². The molecule has 1 spiro atoms. The number of hydrogen-bond acceptors (Lipinski definition) is 4. The van der Waals surface area contributed by atoms with Crippen LogP contribution in [0.3, 0.4) is 0 Å². The third kappa shape index (κ3) is 1.74. The summed E-state index contributed by atoms with van der Waals surface area (Å²) in [7, 11) is 5.79. The van der Waals surface area contributed by atoms with Gasteiger partial charge in [-0.2, -0.15) is 0 Å². The molecule has 5 rings (SSSR count). The van der Waals surface area contributed by atoms with Crippen LogP contribution in [0.2, 0.25) is 0 Å². The molecule has 5 heteroatoms. The number of likely N-dealkylation sites (tertiary alicyclic amines) is 1. The Labute approximate surface area is 157 Å². The van der Waals surface area contributed by atoms with Crippen molar-refractivity contribution in [2.75, 3.05) is 27.8 Å². The zero-order valence-electron chi connectivity index (χ0n) is 15.3. The summed E-state index contributed by atoms with van der Waals surface area (Å²) < 4.78 is 18.8. The van der Waals surface area contributed by atoms with E-state index in [2.05, 4.69) is 46.9 Å². The Morgan fingerprint density at radius 3 is 2.76 bits per heavy atom. The topological polar surface area (TPSA) is 30.9 Å². The highest BCUT2D eigenvalue weighted by Crippen LogP contribution is 2.65. The molecule has 5 atom stereocenters. The summed E-state index contributed by atoms with van der Waals surface area (Å²) in [5.74, 6) is 0.905. The van der Waals surface area contributed by atoms with Gasteiger partial charge in [-0.25, -0.2) is 0 Å². The van der Waals surface area contributed by atoms with Gasteiger partial charge in [0.05, 0.1) is 4.83 Å². The molecule has 2 fully saturated rings. The van der Waals surface area contributed by atoms with E-state index < -0.39 is 5.79 Å². The van der Waals surface area contributed by atoms with Gasteiger partial charge >= 0.3 is 0 Å². The van der Waals surface area contributed by atoms with Gasteiger partial charge in [-0.1, -0.05) is 28.1 Å². The molecular weight excluding hydrogens is 382 g/mol. The molecule has 0 aromatic heterocycles. The van der Waals surface area contributed by atoms with Crippen LogP contribution < -0.4 is 4.74 Å². The molecule has 1 aromatic rings. The smallest absolute Gasteiger partial charge is 0.219 e. The first-order chi connectivity index (χ1) is 12.0. The van der Waals surface area contributed by atoms with E-state index in [1.165, 1.54) is 16.7 Å². The highest BCUT2D eigenvalue weighted by atomic mass is 79.9. The lowest BCUT2D eigenvalue weighted by molar-refractivity contribution is -0.286. The van der Waals surface area contributed by atoms with Gasteiger partial charge in [-0.05, 0) is 56.8 Å². The minimum absolute atomic E-state index is 0.00238. The van der Waals surface area contributed by atoms with Gasteiger partial charge in [0, 0.05) is 31.2 Å². The number of halogens is 1. The van der Waals surface area contributed by atoms with Crippen molar-refractivity contribution in [1.82, 2.24) is 4.90 Å². The molecule has 0 N–H and O–H groups in total. The quantitative estimate of drug-likeness (QED) is 0.556. The zero-order valence-corrected chi connectivity index (χ0v) is 16.9. The summed E-state index contributed by atoms with van der Waals surface area (Å²) in [4.78, 5) is 2.67. The first-order valence-electron chi connectivity index (χ1n) is 9.23. The summed E-state index contributed by atoms with van der Waals surface area (Å²) >= 11 is 3.91. The van der Waals surface area contributed by atoms with Crippen LogP contribution in [0.5, 0.6) is 5.75 Å². The molecule has 2 bridgehead atoms. The van der Waals surface area contributed by atoms with E-state index in [1.54, 1.807) is 14.2 Å². The standard InChI is InChI=1S/C20H26BrNO3/c1-11-5-6-12-9-14-13-10-15(21)20(23-3,24-4)18-19(13,7-8-22(14)2)16(12)17(11)25-18/h5-6,13-15,18H,7-10H2,1-4H3/t13?,14-,15?,18-,19+/m0/s1. The molecule has 25 heavy (non-hydrogen) atoms. The monoisotopic (exact) mass is 407 g/mol. The van der Waals surface area contributed by atoms with Crippen molar-refractivity contribution in [1.29, 1.82) is 0 Å². The van der Waals surface area contributed by atoms with Crippen LogP contribution in [-0.4, -0.2) is 55.5 Å². The maximum Gasteiger partial charge on any atom is 0.219 e. The second kappa shape index (κ2) is 5.22. The van der Waals surface area contributed by atoms with E-state index in [-0.39, 0.29) is 16.3 Å². The highest BCUT2D eigenvalue weighted by Gasteiger charge is 2.72. The Balaban J connectivity index is 1.80. The van der Waals surface area contributed by atoms with Crippen molar-refractivity contribution in [2.45, 2.75) is 54.4 Å². The first kappa shape index (κ1) is 16.5. The van der Waals surface area contributed by atoms with E-state index in [9.17, 15) is 0 Å². The number of benzene rings is 1. The molecule has 2 unspecified atom stereocenters. The minimum atomic E-state index is -0.753. The Morgan fingerprint density at radius 1 is 1.28 bits per heavy atom. The van der Waals surface area contributed by atoms with Gasteiger partial charge in [0.2, 0.25) is 5.79 Å². The summed E-state index contributed by atoms with van der Waals surface area (Å²) in [6, 6.07) is 5.10. The van der Waals surface area contributed by atoms with Gasteiger partial charge in [0.15, 0.2) is 6.10 Å². The van der Waals surface area contributed by atoms with E-state index in [0.717, 1.165) is 31.6 Å². The molecule has 2 aliphatic heterocycles. The van der Waals surface area contributed by atoms with Crippen LogP contribution in [0.4, 0.5) is 0 Å². The Kier molecular flexibility index (Phi) is 3.45. The molecule has 2 aliphatic carbocycles. The van der Waals surface area contributed by atoms with Crippen molar-refractivity contribution < 1.29 is 14.2 Å². The van der Waals surface area contributed by atoms with Crippen LogP contribution in [0.25, 0.3) is 0 Å². The number of hydrogen-bond donors (Lipinski definition) is 0. The highest BCUT2D eigenvalue weighted by molar-refractivity contribution is 9.09. The fourth-order valence-electron chi connectivity index (χ4n) is 6.35. The molecule has 0 radical (unpaired) electrons. The van der Waals surface area contributed by atoms with E-state index in [4.69, 9.17) is 14.2 Å². The van der Waals surface area contributed by atoms with Crippen LogP contribution in [0.1, 0.15) is 29.5 Å². The minimum Gasteiger partial charge on any atom is -0.483 e. The fourth-order valence-corrected chi connectivity index (χ4v) is 7.37. The van der Waals surface area contributed by atoms with Crippen LogP contribution >= 0.6 is 15.9 Å². The third-order valence-corrected chi connectivity index (χ3v) is 8.52. The van der Waals surface area contributed by atoms with Gasteiger partial charge in [0.1, 0.15) is 5.75 Å². The SMILES string of the molecule is COC1(OC)C(Br)CC2[C@@H]3Cc4ccc(C)c5c4[C@]2(CCN3C)[C@@H]1O5. The lowest BCUT2D eigenvalue weighted by Gasteiger charge is -2.62. The fraction of sp³-hybridized carbons (Fsp3) is 0.700. The van der Waals surface area contributed by atoms with Gasteiger partial charge in [-0.3, -0.25) is 0 Å². The zero-order chi connectivity index (χ0) is 17.6. The second-order valence-corrected chi connectivity index (χ2v) is 9.33. The van der Waals surface area contributed by atoms with Crippen molar-refractivity contribution in [3.8, 4) is 5.75 Å². The summed E-state index contributed by atoms with van der Waals surface area (Å²) in [5, 5.41) is 0. The molecule has 0 amide bonds. The number of aryl methyl sites for hydroxylation is 1. The maximum atomic E-state index is 6.71. The third-order valence-electron chi connectivity index (χ3n) is 7.51. The summed E-state index contributed by atoms with van der Waals surface area (Å²) in [6.45, 7) is 3.26. The normalized spacial score (nSPS) is 40.5. The molecule has 1 saturated heterocycles. The van der Waals surface area contributed by atoms with Crippen LogP contribution in [0, 0.1) is 12.8 Å². The Bertz CT molecular complexity index is 734. The van der Waals surface area contributed by atoms with Gasteiger partial charge in [0.25, 0.3) is 0 Å². The van der Waals surface area contributed by atoms with Crippen molar-refractivity contribution in [3.63, 3.8) is 0 Å². The predicted molar refractivity (Wildman–Crippen MR) is 99.6 cm³/mol. The summed E-state index contributed by atoms with van der Waals surface area (Å²) in [6.07, 6.45) is 3.16. The van der Waals surface area contributed by atoms with Gasteiger partial charge in [-0.15, -0.1) is 0 Å². The maximum absolute atomic E-state index is 6.71. The van der Waals surface area contributed by atoms with Crippen molar-refractivity contribution in [2.24, 2.45) is 5.92 Å². The average molecular weight is 408 g/mol. The average Bonchev–Trinajstić information content (AvgIpc) is 2.96. The van der Waals surface area contributed by atoms with Crippen molar-refractivity contribution >= 4 is 15.9 Å². The second-order valence-electron chi connectivity index (χ2n) is 8.23. The lowest BCUT2D eigenvalue weighted by Crippen LogP contribution is -2.73. The number of rotatable bonds is 2. The number of nitrogens with zero attached hydrogens (tertiary/aromatic N) is 1.